The fraction of sp³-hybridized carbons (Fsp3) is 0.222. The topological polar surface area (TPSA) is 84.7 Å². The fourth-order valence-electron chi connectivity index (χ4n) is 4.36. The molecule has 0 radical (unpaired) electrons. The van der Waals surface area contributed by atoms with Crippen LogP contribution >= 0.6 is 0 Å². The van der Waals surface area contributed by atoms with E-state index in [0.29, 0.717) is 41.1 Å². The minimum atomic E-state index is -1.19. The van der Waals surface area contributed by atoms with Crippen LogP contribution in [0.4, 0.5) is 8.78 Å². The number of hydrogen-bond acceptors (Lipinski definition) is 5. The van der Waals surface area contributed by atoms with E-state index in [9.17, 15) is 23.5 Å². The van der Waals surface area contributed by atoms with Crippen LogP contribution < -0.4 is 10.3 Å². The number of fused-ring (bicyclic) bond motifs is 1. The number of amides is 1. The Labute approximate surface area is 205 Å². The molecule has 1 fully saturated rings. The molecule has 1 amide bonds. The molecule has 1 aromatic heterocycles. The Balaban J connectivity index is 1.31. The van der Waals surface area contributed by atoms with Crippen LogP contribution in [0.5, 0.6) is 11.5 Å². The van der Waals surface area contributed by atoms with Crippen molar-refractivity contribution in [3.05, 3.63) is 101 Å². The molecule has 0 spiro atoms. The summed E-state index contributed by atoms with van der Waals surface area (Å²) in [4.78, 5) is 31.9. The lowest BCUT2D eigenvalue weighted by Gasteiger charge is -2.38. The lowest BCUT2D eigenvalue weighted by Crippen LogP contribution is -2.49. The van der Waals surface area contributed by atoms with Crippen LogP contribution in [0.3, 0.4) is 0 Å². The second-order valence-electron chi connectivity index (χ2n) is 8.91. The highest BCUT2D eigenvalue weighted by Gasteiger charge is 2.35. The Morgan fingerprint density at radius 1 is 0.972 bits per heavy atom. The van der Waals surface area contributed by atoms with Crippen LogP contribution in [0.2, 0.25) is 0 Å². The predicted octanol–water partition coefficient (Wildman–Crippen LogP) is 4.13. The molecule has 3 aromatic carbocycles. The van der Waals surface area contributed by atoms with E-state index in [0.717, 1.165) is 0 Å². The van der Waals surface area contributed by atoms with Crippen LogP contribution in [0, 0.1) is 11.6 Å². The largest absolute Gasteiger partial charge is 0.455 e. The third-order valence-electron chi connectivity index (χ3n) is 6.40. The Morgan fingerprint density at radius 3 is 2.28 bits per heavy atom. The van der Waals surface area contributed by atoms with Gasteiger partial charge in [0.2, 0.25) is 0 Å². The van der Waals surface area contributed by atoms with E-state index in [-0.39, 0.29) is 36.7 Å². The zero-order valence-corrected chi connectivity index (χ0v) is 19.2. The van der Waals surface area contributed by atoms with Crippen LogP contribution in [0.15, 0.2) is 77.9 Å². The summed E-state index contributed by atoms with van der Waals surface area (Å²) >= 11 is 0. The molecule has 1 saturated heterocycles. The highest BCUT2D eigenvalue weighted by Crippen LogP contribution is 2.28. The maximum atomic E-state index is 13.2. The summed E-state index contributed by atoms with van der Waals surface area (Å²) in [5, 5.41) is 11.5. The predicted molar refractivity (Wildman–Crippen MR) is 129 cm³/mol. The van der Waals surface area contributed by atoms with Crippen molar-refractivity contribution in [1.29, 1.82) is 0 Å². The quantitative estimate of drug-likeness (QED) is 0.454. The van der Waals surface area contributed by atoms with Gasteiger partial charge in [-0.3, -0.25) is 14.2 Å². The molecular formula is C27H23F2N3O4. The second-order valence-corrected chi connectivity index (χ2v) is 8.91. The molecule has 4 aromatic rings. The van der Waals surface area contributed by atoms with Gasteiger partial charge in [-0.05, 0) is 73.5 Å². The lowest BCUT2D eigenvalue weighted by atomic mass is 9.91. The van der Waals surface area contributed by atoms with E-state index < -0.39 is 11.4 Å². The maximum Gasteiger partial charge on any atom is 0.261 e. The molecule has 2 heterocycles. The van der Waals surface area contributed by atoms with Crippen molar-refractivity contribution < 1.29 is 23.4 Å². The first-order valence-corrected chi connectivity index (χ1v) is 11.5. The molecule has 0 unspecified atom stereocenters. The molecule has 1 aliphatic heterocycles. The molecule has 1 N–H and O–H groups in total. The van der Waals surface area contributed by atoms with Crippen molar-refractivity contribution in [2.24, 2.45) is 0 Å². The number of para-hydroxylation sites is 1. The zero-order valence-electron chi connectivity index (χ0n) is 19.2. The molecule has 0 saturated carbocycles. The Kier molecular flexibility index (Phi) is 6.24. The molecule has 0 atom stereocenters. The van der Waals surface area contributed by atoms with Gasteiger partial charge in [0.25, 0.3) is 11.5 Å². The summed E-state index contributed by atoms with van der Waals surface area (Å²) in [6.07, 6.45) is 1.92. The lowest BCUT2D eigenvalue weighted by molar-refractivity contribution is -0.0299. The number of carbonyl (C=O) groups is 1. The van der Waals surface area contributed by atoms with Crippen molar-refractivity contribution in [1.82, 2.24) is 14.5 Å². The fourth-order valence-corrected chi connectivity index (χ4v) is 4.36. The maximum absolute atomic E-state index is 13.2. The van der Waals surface area contributed by atoms with Gasteiger partial charge in [0, 0.05) is 18.7 Å². The molecule has 5 rings (SSSR count). The Hall–Kier alpha value is -4.11. The standard InChI is InChI=1S/C27H23F2N3O4/c28-19-6-4-18(5-7-19)25(33)31-14-12-27(35,13-15-31)16-32-17-30-24-22(26(32)34)2-1-3-23(24)36-21-10-8-20(29)9-11-21/h1-11,17,35H,12-16H2. The second kappa shape index (κ2) is 9.50. The number of carbonyl (C=O) groups excluding carboxylic acids is 1. The first-order valence-electron chi connectivity index (χ1n) is 11.5. The smallest absolute Gasteiger partial charge is 0.261 e. The van der Waals surface area contributed by atoms with Gasteiger partial charge < -0.3 is 14.7 Å². The molecule has 7 nitrogen and oxygen atoms in total. The SMILES string of the molecule is O=C(c1ccc(F)cc1)N1CCC(O)(Cn2cnc3c(Oc4ccc(F)cc4)cccc3c2=O)CC1. The van der Waals surface area contributed by atoms with Gasteiger partial charge >= 0.3 is 0 Å². The Bertz CT molecular complexity index is 1460. The molecule has 184 valence electrons. The summed E-state index contributed by atoms with van der Waals surface area (Å²) in [5.74, 6) is -0.260. The van der Waals surface area contributed by atoms with Crippen LogP contribution in [-0.2, 0) is 6.54 Å². The van der Waals surface area contributed by atoms with Gasteiger partial charge in [-0.2, -0.15) is 0 Å². The number of nitrogens with zero attached hydrogens (tertiary/aromatic N) is 3. The number of benzene rings is 3. The number of rotatable bonds is 5. The number of hydrogen-bond donors (Lipinski definition) is 1. The van der Waals surface area contributed by atoms with Crippen molar-refractivity contribution in [2.45, 2.75) is 25.0 Å². The van der Waals surface area contributed by atoms with Crippen molar-refractivity contribution in [3.8, 4) is 11.5 Å². The third kappa shape index (κ3) is 4.83. The molecule has 9 heteroatoms. The molecular weight excluding hydrogens is 468 g/mol. The first kappa shape index (κ1) is 23.6. The summed E-state index contributed by atoms with van der Waals surface area (Å²) in [6, 6.07) is 15.8. The van der Waals surface area contributed by atoms with E-state index in [1.165, 1.54) is 59.4 Å². The monoisotopic (exact) mass is 491 g/mol. The zero-order chi connectivity index (χ0) is 25.3. The number of ether oxygens (including phenoxy) is 1. The average Bonchev–Trinajstić information content (AvgIpc) is 2.88. The number of aliphatic hydroxyl groups is 1. The number of likely N-dealkylation sites (tertiary alicyclic amines) is 1. The van der Waals surface area contributed by atoms with Gasteiger partial charge in [0.1, 0.15) is 22.9 Å². The highest BCUT2D eigenvalue weighted by molar-refractivity contribution is 5.94. The van der Waals surface area contributed by atoms with Crippen molar-refractivity contribution in [3.63, 3.8) is 0 Å². The van der Waals surface area contributed by atoms with E-state index in [4.69, 9.17) is 4.74 Å². The van der Waals surface area contributed by atoms with E-state index >= 15 is 0 Å². The van der Waals surface area contributed by atoms with Crippen molar-refractivity contribution in [2.75, 3.05) is 13.1 Å². The average molecular weight is 491 g/mol. The molecule has 0 aliphatic carbocycles. The molecule has 36 heavy (non-hydrogen) atoms. The van der Waals surface area contributed by atoms with Gasteiger partial charge in [-0.25, -0.2) is 13.8 Å². The summed E-state index contributed by atoms with van der Waals surface area (Å²) < 4.78 is 33.5. The van der Waals surface area contributed by atoms with Gasteiger partial charge in [0.05, 0.1) is 23.9 Å². The normalized spacial score (nSPS) is 15.1. The number of piperidine rings is 1. The molecule has 1 aliphatic rings. The Morgan fingerprint density at radius 2 is 1.61 bits per heavy atom. The van der Waals surface area contributed by atoms with E-state index in [2.05, 4.69) is 4.98 Å². The summed E-state index contributed by atoms with van der Waals surface area (Å²) in [5.41, 5.74) is -0.783. The van der Waals surface area contributed by atoms with Crippen molar-refractivity contribution >= 4 is 16.8 Å². The summed E-state index contributed by atoms with van der Waals surface area (Å²) in [6.45, 7) is 0.632. The number of aromatic nitrogens is 2. The van der Waals surface area contributed by atoms with E-state index in [1.54, 1.807) is 23.1 Å². The minimum absolute atomic E-state index is 0.0242. The van der Waals surface area contributed by atoms with Crippen LogP contribution in [-0.4, -0.2) is 44.2 Å². The molecule has 0 bridgehead atoms. The third-order valence-corrected chi connectivity index (χ3v) is 6.40. The minimum Gasteiger partial charge on any atom is -0.455 e. The van der Waals surface area contributed by atoms with Gasteiger partial charge in [-0.15, -0.1) is 0 Å². The van der Waals surface area contributed by atoms with E-state index in [1.807, 2.05) is 0 Å². The van der Waals surface area contributed by atoms with Gasteiger partial charge in [0.15, 0.2) is 5.75 Å². The highest BCUT2D eigenvalue weighted by atomic mass is 19.1. The van der Waals surface area contributed by atoms with Crippen LogP contribution in [0.25, 0.3) is 10.9 Å². The number of halogens is 2. The first-order chi connectivity index (χ1) is 17.3. The summed E-state index contributed by atoms with van der Waals surface area (Å²) in [7, 11) is 0. The van der Waals surface area contributed by atoms with Crippen LogP contribution in [0.1, 0.15) is 23.2 Å². The van der Waals surface area contributed by atoms with Gasteiger partial charge in [-0.1, -0.05) is 6.07 Å².